The molecule has 0 radical (unpaired) electrons. The number of ether oxygens (including phenoxy) is 1. The van der Waals surface area contributed by atoms with Gasteiger partial charge in [0, 0.05) is 28.4 Å². The summed E-state index contributed by atoms with van der Waals surface area (Å²) in [6, 6.07) is 16.1. The lowest BCUT2D eigenvalue weighted by Crippen LogP contribution is -2.06. The number of nitrogens with zero attached hydrogens (tertiary/aromatic N) is 2. The molecule has 0 amide bonds. The third-order valence-corrected chi connectivity index (χ3v) is 4.10. The van der Waals surface area contributed by atoms with Crippen molar-refractivity contribution in [2.75, 3.05) is 6.61 Å². The molecule has 3 rings (SSSR count). The molecular formula is C21H18N2O2. The van der Waals surface area contributed by atoms with E-state index in [0.29, 0.717) is 0 Å². The van der Waals surface area contributed by atoms with Gasteiger partial charge >= 0.3 is 5.97 Å². The van der Waals surface area contributed by atoms with Crippen molar-refractivity contribution in [3.8, 4) is 6.07 Å². The van der Waals surface area contributed by atoms with E-state index >= 15 is 0 Å². The van der Waals surface area contributed by atoms with Crippen LogP contribution in [0.4, 0.5) is 0 Å². The molecule has 0 aliphatic carbocycles. The summed E-state index contributed by atoms with van der Waals surface area (Å²) in [5.74, 6) is -0.640. The zero-order chi connectivity index (χ0) is 17.8. The van der Waals surface area contributed by atoms with Crippen LogP contribution in [0.3, 0.4) is 0 Å². The minimum atomic E-state index is -0.640. The smallest absolute Gasteiger partial charge is 0.349 e. The Hall–Kier alpha value is -3.32. The number of aryl methyl sites for hydroxylation is 1. The van der Waals surface area contributed by atoms with E-state index in [0.717, 1.165) is 28.4 Å². The summed E-state index contributed by atoms with van der Waals surface area (Å²) in [7, 11) is 0. The van der Waals surface area contributed by atoms with Gasteiger partial charge in [0.15, 0.2) is 0 Å². The van der Waals surface area contributed by atoms with E-state index in [-0.39, 0.29) is 12.2 Å². The van der Waals surface area contributed by atoms with Crippen molar-refractivity contribution in [2.24, 2.45) is 0 Å². The van der Waals surface area contributed by atoms with Gasteiger partial charge in [-0.3, -0.25) is 0 Å². The van der Waals surface area contributed by atoms with Gasteiger partial charge in [0.1, 0.15) is 18.2 Å². The number of esters is 1. The van der Waals surface area contributed by atoms with Gasteiger partial charge in [-0.25, -0.2) is 4.79 Å². The molecule has 0 atom stereocenters. The fourth-order valence-corrected chi connectivity index (χ4v) is 3.02. The fraction of sp³-hybridized carbons (Fsp3) is 0.143. The Balaban J connectivity index is 2.11. The Labute approximate surface area is 146 Å². The number of carbonyl (C=O) groups excluding carboxylic acids is 1. The summed E-state index contributed by atoms with van der Waals surface area (Å²) in [5, 5.41) is 11.5. The van der Waals surface area contributed by atoms with Crippen molar-refractivity contribution in [3.63, 3.8) is 0 Å². The summed E-state index contributed by atoms with van der Waals surface area (Å²) < 4.78 is 7.20. The number of hydrogen-bond donors (Lipinski definition) is 0. The molecule has 4 nitrogen and oxygen atoms in total. The summed E-state index contributed by atoms with van der Waals surface area (Å²) in [5.41, 5.74) is 3.07. The van der Waals surface area contributed by atoms with E-state index in [2.05, 4.69) is 30.2 Å². The predicted octanol–water partition coefficient (Wildman–Crippen LogP) is 4.45. The van der Waals surface area contributed by atoms with E-state index in [4.69, 9.17) is 4.74 Å². The summed E-state index contributed by atoms with van der Waals surface area (Å²) in [6.07, 6.45) is 3.03. The normalized spacial score (nSPS) is 11.4. The van der Waals surface area contributed by atoms with Gasteiger partial charge in [-0.1, -0.05) is 36.9 Å². The Kier molecular flexibility index (Phi) is 4.67. The average Bonchev–Trinajstić information content (AvgIpc) is 2.97. The molecule has 0 fully saturated rings. The van der Waals surface area contributed by atoms with Crippen LogP contribution in [0.25, 0.3) is 27.9 Å². The monoisotopic (exact) mass is 330 g/mol. The predicted molar refractivity (Wildman–Crippen MR) is 99.9 cm³/mol. The van der Waals surface area contributed by atoms with Crippen molar-refractivity contribution >= 4 is 33.9 Å². The second-order valence-electron chi connectivity index (χ2n) is 5.59. The van der Waals surface area contributed by atoms with Gasteiger partial charge in [-0.05, 0) is 36.8 Å². The second-order valence-corrected chi connectivity index (χ2v) is 5.59. The Bertz CT molecular complexity index is 1040. The van der Waals surface area contributed by atoms with Crippen LogP contribution < -0.4 is 0 Å². The fourth-order valence-electron chi connectivity index (χ4n) is 3.02. The van der Waals surface area contributed by atoms with Crippen molar-refractivity contribution in [1.29, 1.82) is 5.26 Å². The molecule has 2 aromatic carbocycles. The molecule has 1 aromatic heterocycles. The van der Waals surface area contributed by atoms with Gasteiger partial charge in [0.25, 0.3) is 0 Å². The number of aromatic nitrogens is 1. The third-order valence-electron chi connectivity index (χ3n) is 4.10. The van der Waals surface area contributed by atoms with Crippen LogP contribution in [0, 0.1) is 11.3 Å². The molecule has 0 unspecified atom stereocenters. The van der Waals surface area contributed by atoms with Gasteiger partial charge in [0.05, 0.1) is 0 Å². The van der Waals surface area contributed by atoms with Crippen LogP contribution >= 0.6 is 0 Å². The summed E-state index contributed by atoms with van der Waals surface area (Å²) in [6.45, 7) is 6.56. The number of para-hydroxylation sites is 1. The maximum atomic E-state index is 11.9. The zero-order valence-electron chi connectivity index (χ0n) is 14.0. The lowest BCUT2D eigenvalue weighted by Gasteiger charge is -2.03. The third kappa shape index (κ3) is 3.05. The number of nitriles is 1. The lowest BCUT2D eigenvalue weighted by molar-refractivity contribution is -0.137. The maximum Gasteiger partial charge on any atom is 0.349 e. The first-order chi connectivity index (χ1) is 12.2. The van der Waals surface area contributed by atoms with E-state index in [1.165, 1.54) is 11.6 Å². The Morgan fingerprint density at radius 2 is 2.00 bits per heavy atom. The van der Waals surface area contributed by atoms with E-state index in [1.54, 1.807) is 6.08 Å². The first kappa shape index (κ1) is 16.5. The number of carbonyl (C=O) groups is 1. The number of hydrogen-bond acceptors (Lipinski definition) is 3. The molecule has 0 saturated heterocycles. The highest BCUT2D eigenvalue weighted by Crippen LogP contribution is 2.30. The highest BCUT2D eigenvalue weighted by Gasteiger charge is 2.12. The molecule has 3 aromatic rings. The van der Waals surface area contributed by atoms with Crippen molar-refractivity contribution in [1.82, 2.24) is 4.57 Å². The first-order valence-corrected chi connectivity index (χ1v) is 8.10. The minimum Gasteiger partial charge on any atom is -0.457 e. The van der Waals surface area contributed by atoms with Crippen molar-refractivity contribution < 1.29 is 9.53 Å². The molecule has 0 spiro atoms. The van der Waals surface area contributed by atoms with E-state index in [9.17, 15) is 10.1 Å². The minimum absolute atomic E-state index is 0.0274. The van der Waals surface area contributed by atoms with Gasteiger partial charge in [-0.15, -0.1) is 0 Å². The summed E-state index contributed by atoms with van der Waals surface area (Å²) >= 11 is 0. The van der Waals surface area contributed by atoms with Crippen LogP contribution in [0.2, 0.25) is 0 Å². The molecule has 0 N–H and O–H groups in total. The van der Waals surface area contributed by atoms with Crippen LogP contribution in [-0.2, 0) is 16.1 Å². The van der Waals surface area contributed by atoms with Crippen LogP contribution in [0.1, 0.15) is 12.5 Å². The van der Waals surface area contributed by atoms with Crippen LogP contribution in [-0.4, -0.2) is 17.1 Å². The van der Waals surface area contributed by atoms with Gasteiger partial charge in [0.2, 0.25) is 0 Å². The maximum absolute atomic E-state index is 11.9. The molecule has 0 aliphatic rings. The van der Waals surface area contributed by atoms with Gasteiger partial charge in [-0.2, -0.15) is 5.26 Å². The highest BCUT2D eigenvalue weighted by atomic mass is 16.5. The molecule has 0 saturated carbocycles. The number of fused-ring (bicyclic) bond motifs is 3. The molecule has 124 valence electrons. The largest absolute Gasteiger partial charge is 0.457 e. The zero-order valence-corrected chi connectivity index (χ0v) is 14.0. The first-order valence-electron chi connectivity index (χ1n) is 8.10. The Morgan fingerprint density at radius 1 is 1.24 bits per heavy atom. The SMILES string of the molecule is C=CCOC(=O)/C(C#N)=C/c1ccc2c(c1)c1ccccc1n2CC. The highest BCUT2D eigenvalue weighted by molar-refractivity contribution is 6.09. The lowest BCUT2D eigenvalue weighted by atomic mass is 10.1. The molecule has 0 aliphatic heterocycles. The topological polar surface area (TPSA) is 55.0 Å². The van der Waals surface area contributed by atoms with Crippen LogP contribution in [0.15, 0.2) is 60.7 Å². The molecule has 4 heteroatoms. The van der Waals surface area contributed by atoms with Crippen molar-refractivity contribution in [2.45, 2.75) is 13.5 Å². The summed E-state index contributed by atoms with van der Waals surface area (Å²) in [4.78, 5) is 11.9. The molecular weight excluding hydrogens is 312 g/mol. The average molecular weight is 330 g/mol. The Morgan fingerprint density at radius 3 is 2.72 bits per heavy atom. The van der Waals surface area contributed by atoms with Crippen molar-refractivity contribution in [3.05, 3.63) is 66.3 Å². The quantitative estimate of drug-likeness (QED) is 0.300. The van der Waals surface area contributed by atoms with E-state index < -0.39 is 5.97 Å². The number of benzene rings is 2. The number of rotatable bonds is 5. The second kappa shape index (κ2) is 7.06. The molecule has 1 heterocycles. The molecule has 25 heavy (non-hydrogen) atoms. The van der Waals surface area contributed by atoms with E-state index in [1.807, 2.05) is 36.4 Å². The molecule has 0 bridgehead atoms. The van der Waals surface area contributed by atoms with Crippen LogP contribution in [0.5, 0.6) is 0 Å². The van der Waals surface area contributed by atoms with Gasteiger partial charge < -0.3 is 9.30 Å². The standard InChI is InChI=1S/C21H18N2O2/c1-3-11-25-21(24)16(14-22)12-15-9-10-20-18(13-15)17-7-5-6-8-19(17)23(20)4-2/h3,5-10,12-13H,1,4,11H2,2H3/b16-12+.